The van der Waals surface area contributed by atoms with Crippen molar-refractivity contribution >= 4 is 5.91 Å². The molecule has 0 radical (unpaired) electrons. The summed E-state index contributed by atoms with van der Waals surface area (Å²) in [6, 6.07) is -0.806. The van der Waals surface area contributed by atoms with E-state index in [1.807, 2.05) is 6.08 Å². The molecule has 4 N–H and O–H groups in total. The number of allylic oxidation sites excluding steroid dienone is 3. The Bertz CT molecular complexity index is 535. The molecule has 36 heavy (non-hydrogen) atoms. The van der Waals surface area contributed by atoms with Crippen LogP contribution in [0.25, 0.3) is 0 Å². The van der Waals surface area contributed by atoms with Crippen LogP contribution >= 0.6 is 0 Å². The Morgan fingerprint density at radius 3 is 1.69 bits per heavy atom. The number of hydrogen-bond donors (Lipinski definition) is 4. The lowest BCUT2D eigenvalue weighted by Gasteiger charge is -2.21. The predicted octanol–water partition coefficient (Wildman–Crippen LogP) is 7.14. The Hall–Kier alpha value is -1.17. The molecular formula is C31H59NO4. The lowest BCUT2D eigenvalue weighted by atomic mass is 10.0. The number of aliphatic hydroxyl groups is 3. The normalized spacial score (nSPS) is 14.5. The summed E-state index contributed by atoms with van der Waals surface area (Å²) in [4.78, 5) is 12.3. The summed E-state index contributed by atoms with van der Waals surface area (Å²) >= 11 is 0. The van der Waals surface area contributed by atoms with Gasteiger partial charge in [-0.2, -0.15) is 0 Å². The Morgan fingerprint density at radius 1 is 0.667 bits per heavy atom. The maximum Gasteiger partial charge on any atom is 0.249 e. The van der Waals surface area contributed by atoms with E-state index in [0.29, 0.717) is 6.42 Å². The van der Waals surface area contributed by atoms with E-state index in [0.717, 1.165) is 38.5 Å². The summed E-state index contributed by atoms with van der Waals surface area (Å²) in [7, 11) is 0. The second kappa shape index (κ2) is 26.9. The van der Waals surface area contributed by atoms with E-state index in [2.05, 4.69) is 31.3 Å². The first-order chi connectivity index (χ1) is 17.6. The van der Waals surface area contributed by atoms with Gasteiger partial charge >= 0.3 is 0 Å². The van der Waals surface area contributed by atoms with Crippen LogP contribution in [0, 0.1) is 0 Å². The highest BCUT2D eigenvalue weighted by atomic mass is 16.3. The number of aliphatic hydroxyl groups excluding tert-OH is 3. The van der Waals surface area contributed by atoms with Gasteiger partial charge in [0.05, 0.1) is 18.8 Å². The lowest BCUT2D eigenvalue weighted by Crippen LogP contribution is -2.48. The van der Waals surface area contributed by atoms with Crippen LogP contribution in [0.1, 0.15) is 142 Å². The van der Waals surface area contributed by atoms with Crippen molar-refractivity contribution in [1.29, 1.82) is 0 Å². The zero-order valence-electron chi connectivity index (χ0n) is 23.6. The molecule has 0 rings (SSSR count). The number of carbonyl (C=O) groups excluding carboxylic acids is 1. The molecule has 5 heteroatoms. The Balaban J connectivity index is 3.90. The van der Waals surface area contributed by atoms with Crippen molar-refractivity contribution in [2.45, 2.75) is 161 Å². The van der Waals surface area contributed by atoms with Gasteiger partial charge in [0.25, 0.3) is 0 Å². The molecule has 0 saturated carbocycles. The first-order valence-corrected chi connectivity index (χ1v) is 15.2. The van der Waals surface area contributed by atoms with E-state index in [-0.39, 0.29) is 6.61 Å². The highest BCUT2D eigenvalue weighted by molar-refractivity contribution is 5.80. The fourth-order valence-electron chi connectivity index (χ4n) is 4.31. The molecule has 0 aliphatic rings. The first kappa shape index (κ1) is 34.8. The van der Waals surface area contributed by atoms with Crippen molar-refractivity contribution < 1.29 is 20.1 Å². The minimum Gasteiger partial charge on any atom is -0.394 e. The van der Waals surface area contributed by atoms with Crippen molar-refractivity contribution in [3.63, 3.8) is 0 Å². The van der Waals surface area contributed by atoms with Gasteiger partial charge in [0, 0.05) is 0 Å². The molecular weight excluding hydrogens is 450 g/mol. The van der Waals surface area contributed by atoms with Crippen LogP contribution in [-0.4, -0.2) is 46.1 Å². The molecule has 0 spiro atoms. The zero-order valence-corrected chi connectivity index (χ0v) is 23.6. The second-order valence-electron chi connectivity index (χ2n) is 10.3. The average molecular weight is 510 g/mol. The van der Waals surface area contributed by atoms with Gasteiger partial charge in [-0.15, -0.1) is 0 Å². The number of carbonyl (C=O) groups is 1. The van der Waals surface area contributed by atoms with Crippen LogP contribution in [0.4, 0.5) is 0 Å². The molecule has 0 saturated heterocycles. The highest BCUT2D eigenvalue weighted by Gasteiger charge is 2.22. The number of rotatable bonds is 26. The number of unbranched alkanes of at least 4 members (excludes halogenated alkanes) is 16. The molecule has 3 unspecified atom stereocenters. The Morgan fingerprint density at radius 2 is 1.14 bits per heavy atom. The number of nitrogens with one attached hydrogen (secondary N) is 1. The maximum atomic E-state index is 12.3. The number of hydrogen-bond acceptors (Lipinski definition) is 4. The summed E-state index contributed by atoms with van der Waals surface area (Å²) in [5.74, 6) is -0.519. The minimum atomic E-state index is -1.10. The van der Waals surface area contributed by atoms with E-state index < -0.39 is 24.2 Å². The third kappa shape index (κ3) is 22.1. The molecule has 0 bridgehead atoms. The molecule has 5 nitrogen and oxygen atoms in total. The third-order valence-electron chi connectivity index (χ3n) is 6.79. The molecule has 0 aromatic heterocycles. The van der Waals surface area contributed by atoms with Gasteiger partial charge in [-0.25, -0.2) is 0 Å². The van der Waals surface area contributed by atoms with Gasteiger partial charge in [0.15, 0.2) is 0 Å². The van der Waals surface area contributed by atoms with Crippen LogP contribution in [0.2, 0.25) is 0 Å². The summed E-state index contributed by atoms with van der Waals surface area (Å²) in [5, 5.41) is 32.6. The molecule has 0 aliphatic carbocycles. The number of amides is 1. The van der Waals surface area contributed by atoms with Gasteiger partial charge < -0.3 is 20.6 Å². The topological polar surface area (TPSA) is 89.8 Å². The summed E-state index contributed by atoms with van der Waals surface area (Å²) in [6.45, 7) is 4.09. The van der Waals surface area contributed by atoms with Crippen molar-refractivity contribution in [2.24, 2.45) is 0 Å². The molecule has 0 aliphatic heterocycles. The highest BCUT2D eigenvalue weighted by Crippen LogP contribution is 2.12. The van der Waals surface area contributed by atoms with Gasteiger partial charge in [-0.3, -0.25) is 4.79 Å². The summed E-state index contributed by atoms with van der Waals surface area (Å²) in [5.41, 5.74) is 0. The van der Waals surface area contributed by atoms with Gasteiger partial charge in [0.1, 0.15) is 6.10 Å². The smallest absolute Gasteiger partial charge is 0.249 e. The van der Waals surface area contributed by atoms with Crippen LogP contribution in [0.5, 0.6) is 0 Å². The van der Waals surface area contributed by atoms with Crippen LogP contribution in [-0.2, 0) is 4.79 Å². The van der Waals surface area contributed by atoms with Gasteiger partial charge in [-0.05, 0) is 32.1 Å². The van der Waals surface area contributed by atoms with Crippen LogP contribution in [0.3, 0.4) is 0 Å². The lowest BCUT2D eigenvalue weighted by molar-refractivity contribution is -0.131. The van der Waals surface area contributed by atoms with Crippen LogP contribution < -0.4 is 5.32 Å². The van der Waals surface area contributed by atoms with E-state index in [9.17, 15) is 20.1 Å². The van der Waals surface area contributed by atoms with E-state index in [1.54, 1.807) is 6.08 Å². The first-order valence-electron chi connectivity index (χ1n) is 15.2. The fraction of sp³-hybridized carbons (Fsp3) is 0.839. The van der Waals surface area contributed by atoms with Gasteiger partial charge in [0.2, 0.25) is 5.91 Å². The SMILES string of the molecule is CCCCCCCCCC=CCCC=CC(O)C(CO)NC(=O)C(O)CCCCCCCCCCC. The molecule has 0 fully saturated rings. The summed E-state index contributed by atoms with van der Waals surface area (Å²) in [6.07, 6.45) is 29.0. The van der Waals surface area contributed by atoms with Gasteiger partial charge in [-0.1, -0.05) is 134 Å². The Kier molecular flexibility index (Phi) is 26.0. The average Bonchev–Trinajstić information content (AvgIpc) is 2.88. The zero-order chi connectivity index (χ0) is 26.7. The summed E-state index contributed by atoms with van der Waals surface area (Å²) < 4.78 is 0. The molecule has 0 heterocycles. The molecule has 0 aromatic rings. The minimum absolute atomic E-state index is 0.375. The molecule has 0 aromatic carbocycles. The predicted molar refractivity (Wildman–Crippen MR) is 153 cm³/mol. The second-order valence-corrected chi connectivity index (χ2v) is 10.3. The maximum absolute atomic E-state index is 12.3. The Labute approximate surface area is 222 Å². The standard InChI is InChI=1S/C31H59NO4/c1-3-5-7-9-11-13-14-15-16-18-19-21-23-25-29(34)28(27-33)32-31(36)30(35)26-24-22-20-17-12-10-8-6-4-2/h16,18,23,25,28-30,33-35H,3-15,17,19-22,24,26-27H2,1-2H3,(H,32,36). The largest absolute Gasteiger partial charge is 0.394 e. The quantitative estimate of drug-likeness (QED) is 0.0737. The third-order valence-corrected chi connectivity index (χ3v) is 6.79. The van der Waals surface area contributed by atoms with Crippen molar-refractivity contribution in [3.8, 4) is 0 Å². The monoisotopic (exact) mass is 509 g/mol. The van der Waals surface area contributed by atoms with E-state index in [4.69, 9.17) is 0 Å². The van der Waals surface area contributed by atoms with E-state index in [1.165, 1.54) is 83.5 Å². The molecule has 1 amide bonds. The van der Waals surface area contributed by atoms with Crippen LogP contribution in [0.15, 0.2) is 24.3 Å². The fourth-order valence-corrected chi connectivity index (χ4v) is 4.31. The van der Waals surface area contributed by atoms with Crippen molar-refractivity contribution in [3.05, 3.63) is 24.3 Å². The van der Waals surface area contributed by atoms with Crippen molar-refractivity contribution in [1.82, 2.24) is 5.32 Å². The molecule has 212 valence electrons. The van der Waals surface area contributed by atoms with E-state index >= 15 is 0 Å². The van der Waals surface area contributed by atoms with Crippen molar-refractivity contribution in [2.75, 3.05) is 6.61 Å². The molecule has 3 atom stereocenters.